The molecule has 0 aliphatic rings. The first kappa shape index (κ1) is 15.4. The van der Waals surface area contributed by atoms with Gasteiger partial charge in [0.1, 0.15) is 5.75 Å². The van der Waals surface area contributed by atoms with Crippen LogP contribution in [-0.4, -0.2) is 22.6 Å². The van der Waals surface area contributed by atoms with Crippen LogP contribution in [0.15, 0.2) is 36.8 Å². The number of hydrogen-bond donors (Lipinski definition) is 1. The van der Waals surface area contributed by atoms with Crippen LogP contribution >= 0.6 is 0 Å². The van der Waals surface area contributed by atoms with Crippen molar-refractivity contribution in [2.75, 3.05) is 6.54 Å². The second-order valence-corrected chi connectivity index (χ2v) is 5.34. The van der Waals surface area contributed by atoms with Crippen LogP contribution in [0.2, 0.25) is 0 Å². The average Bonchev–Trinajstić information content (AvgIpc) is 2.45. The molecule has 2 heterocycles. The molecular weight excluding hydrogens is 262 g/mol. The van der Waals surface area contributed by atoms with E-state index in [1.807, 2.05) is 45.3 Å². The quantitative estimate of drug-likeness (QED) is 0.885. The zero-order chi connectivity index (χ0) is 15.2. The van der Waals surface area contributed by atoms with Gasteiger partial charge in [-0.15, -0.1) is 0 Å². The highest BCUT2D eigenvalue weighted by Crippen LogP contribution is 2.24. The lowest BCUT2D eigenvalue weighted by atomic mass is 10.0. The standard InChI is InChI=1S/C17H23N3O/c1-5-19-17(14-7-6-13(4)20-10-14)15-8-16(11-18-9-15)21-12(2)3/h6-12,17,19H,5H2,1-4H3. The van der Waals surface area contributed by atoms with Crippen LogP contribution < -0.4 is 10.1 Å². The third kappa shape index (κ3) is 4.26. The molecule has 2 aromatic rings. The third-order valence-corrected chi connectivity index (χ3v) is 3.12. The summed E-state index contributed by atoms with van der Waals surface area (Å²) in [4.78, 5) is 8.69. The van der Waals surface area contributed by atoms with Crippen LogP contribution in [0.1, 0.15) is 43.6 Å². The number of aryl methyl sites for hydroxylation is 1. The van der Waals surface area contributed by atoms with E-state index in [4.69, 9.17) is 4.74 Å². The molecule has 1 N–H and O–H groups in total. The van der Waals surface area contributed by atoms with Gasteiger partial charge in [0.05, 0.1) is 18.3 Å². The molecule has 4 nitrogen and oxygen atoms in total. The van der Waals surface area contributed by atoms with Gasteiger partial charge in [0.15, 0.2) is 0 Å². The predicted molar refractivity (Wildman–Crippen MR) is 84.5 cm³/mol. The Morgan fingerprint density at radius 3 is 2.57 bits per heavy atom. The van der Waals surface area contributed by atoms with Gasteiger partial charge in [0.2, 0.25) is 0 Å². The molecule has 0 aliphatic heterocycles. The number of rotatable bonds is 6. The normalized spacial score (nSPS) is 12.4. The molecule has 4 heteroatoms. The fourth-order valence-corrected chi connectivity index (χ4v) is 2.21. The SMILES string of the molecule is CCNC(c1ccc(C)nc1)c1cncc(OC(C)C)c1. The summed E-state index contributed by atoms with van der Waals surface area (Å²) < 4.78 is 5.73. The van der Waals surface area contributed by atoms with E-state index in [2.05, 4.69) is 28.3 Å². The number of ether oxygens (including phenoxy) is 1. The summed E-state index contributed by atoms with van der Waals surface area (Å²) in [5.41, 5.74) is 3.23. The average molecular weight is 285 g/mol. The van der Waals surface area contributed by atoms with E-state index >= 15 is 0 Å². The molecule has 1 unspecified atom stereocenters. The van der Waals surface area contributed by atoms with Crippen molar-refractivity contribution in [3.63, 3.8) is 0 Å². The maximum Gasteiger partial charge on any atom is 0.138 e. The lowest BCUT2D eigenvalue weighted by Gasteiger charge is -2.19. The molecule has 0 saturated heterocycles. The van der Waals surface area contributed by atoms with E-state index in [1.54, 1.807) is 6.20 Å². The highest BCUT2D eigenvalue weighted by atomic mass is 16.5. The molecule has 0 radical (unpaired) electrons. The number of nitrogens with zero attached hydrogens (tertiary/aromatic N) is 2. The first-order chi connectivity index (χ1) is 10.1. The number of pyridine rings is 2. The summed E-state index contributed by atoms with van der Waals surface area (Å²) in [6.45, 7) is 8.98. The number of nitrogens with one attached hydrogen (secondary N) is 1. The lowest BCUT2D eigenvalue weighted by molar-refractivity contribution is 0.241. The summed E-state index contributed by atoms with van der Waals surface area (Å²) in [5, 5.41) is 3.48. The molecule has 0 bridgehead atoms. The van der Waals surface area contributed by atoms with Gasteiger partial charge in [-0.2, -0.15) is 0 Å². The third-order valence-electron chi connectivity index (χ3n) is 3.12. The lowest BCUT2D eigenvalue weighted by Crippen LogP contribution is -2.22. The minimum Gasteiger partial charge on any atom is -0.489 e. The highest BCUT2D eigenvalue weighted by Gasteiger charge is 2.14. The largest absolute Gasteiger partial charge is 0.489 e. The fraction of sp³-hybridized carbons (Fsp3) is 0.412. The van der Waals surface area contributed by atoms with Crippen molar-refractivity contribution in [2.24, 2.45) is 0 Å². The Morgan fingerprint density at radius 1 is 1.14 bits per heavy atom. The van der Waals surface area contributed by atoms with Crippen LogP contribution in [0.5, 0.6) is 5.75 Å². The molecule has 112 valence electrons. The highest BCUT2D eigenvalue weighted by molar-refractivity contribution is 5.33. The summed E-state index contributed by atoms with van der Waals surface area (Å²) in [7, 11) is 0. The fourth-order valence-electron chi connectivity index (χ4n) is 2.21. The number of aromatic nitrogens is 2. The summed E-state index contributed by atoms with van der Waals surface area (Å²) in [5.74, 6) is 0.797. The van der Waals surface area contributed by atoms with Crippen molar-refractivity contribution in [1.29, 1.82) is 0 Å². The van der Waals surface area contributed by atoms with Gasteiger partial charge >= 0.3 is 0 Å². The Labute approximate surface area is 126 Å². The molecule has 0 amide bonds. The molecule has 0 aliphatic carbocycles. The molecule has 0 aromatic carbocycles. The van der Waals surface area contributed by atoms with Crippen molar-refractivity contribution < 1.29 is 4.74 Å². The topological polar surface area (TPSA) is 47.0 Å². The molecule has 21 heavy (non-hydrogen) atoms. The number of hydrogen-bond acceptors (Lipinski definition) is 4. The van der Waals surface area contributed by atoms with Gasteiger partial charge in [-0.05, 0) is 50.6 Å². The van der Waals surface area contributed by atoms with Crippen molar-refractivity contribution in [3.05, 3.63) is 53.6 Å². The Bertz CT molecular complexity index is 567. The summed E-state index contributed by atoms with van der Waals surface area (Å²) in [6, 6.07) is 6.25. The van der Waals surface area contributed by atoms with Crippen LogP contribution in [-0.2, 0) is 0 Å². The predicted octanol–water partition coefficient (Wildman–Crippen LogP) is 3.27. The van der Waals surface area contributed by atoms with Crippen molar-refractivity contribution in [2.45, 2.75) is 39.8 Å². The molecule has 2 rings (SSSR count). The van der Waals surface area contributed by atoms with Crippen LogP contribution in [0.4, 0.5) is 0 Å². The Kier molecular flexibility index (Phi) is 5.28. The monoisotopic (exact) mass is 285 g/mol. The van der Waals surface area contributed by atoms with Gasteiger partial charge in [0.25, 0.3) is 0 Å². The van der Waals surface area contributed by atoms with Gasteiger partial charge in [0, 0.05) is 18.1 Å². The van der Waals surface area contributed by atoms with Crippen molar-refractivity contribution in [3.8, 4) is 5.75 Å². The van der Waals surface area contributed by atoms with Gasteiger partial charge in [-0.25, -0.2) is 0 Å². The maximum absolute atomic E-state index is 5.73. The second-order valence-electron chi connectivity index (χ2n) is 5.34. The Morgan fingerprint density at radius 2 is 1.95 bits per heavy atom. The van der Waals surface area contributed by atoms with Crippen LogP contribution in [0.25, 0.3) is 0 Å². The molecular formula is C17H23N3O. The zero-order valence-electron chi connectivity index (χ0n) is 13.1. The van der Waals surface area contributed by atoms with E-state index in [0.717, 1.165) is 29.1 Å². The van der Waals surface area contributed by atoms with Crippen LogP contribution in [0.3, 0.4) is 0 Å². The first-order valence-corrected chi connectivity index (χ1v) is 7.37. The van der Waals surface area contributed by atoms with Crippen molar-refractivity contribution in [1.82, 2.24) is 15.3 Å². The molecule has 0 spiro atoms. The Hall–Kier alpha value is -1.94. The maximum atomic E-state index is 5.73. The molecule has 0 fully saturated rings. The Balaban J connectivity index is 2.31. The van der Waals surface area contributed by atoms with E-state index in [-0.39, 0.29) is 12.1 Å². The van der Waals surface area contributed by atoms with Crippen LogP contribution in [0, 0.1) is 6.92 Å². The first-order valence-electron chi connectivity index (χ1n) is 7.37. The van der Waals surface area contributed by atoms with E-state index in [0.29, 0.717) is 0 Å². The van der Waals surface area contributed by atoms with E-state index in [1.165, 1.54) is 0 Å². The smallest absolute Gasteiger partial charge is 0.138 e. The van der Waals surface area contributed by atoms with Gasteiger partial charge < -0.3 is 10.1 Å². The minimum atomic E-state index is 0.0753. The van der Waals surface area contributed by atoms with E-state index in [9.17, 15) is 0 Å². The zero-order valence-corrected chi connectivity index (χ0v) is 13.1. The molecule has 1 atom stereocenters. The summed E-state index contributed by atoms with van der Waals surface area (Å²) in [6.07, 6.45) is 5.68. The van der Waals surface area contributed by atoms with E-state index < -0.39 is 0 Å². The van der Waals surface area contributed by atoms with Gasteiger partial charge in [-0.1, -0.05) is 13.0 Å². The van der Waals surface area contributed by atoms with Crippen molar-refractivity contribution >= 4 is 0 Å². The second kappa shape index (κ2) is 7.18. The van der Waals surface area contributed by atoms with Gasteiger partial charge in [-0.3, -0.25) is 9.97 Å². The molecule has 2 aromatic heterocycles. The molecule has 0 saturated carbocycles. The minimum absolute atomic E-state index is 0.0753. The summed E-state index contributed by atoms with van der Waals surface area (Å²) >= 11 is 0.